The maximum atomic E-state index is 12.9. The summed E-state index contributed by atoms with van der Waals surface area (Å²) in [6.45, 7) is 5.81. The first-order valence-electron chi connectivity index (χ1n) is 7.88. The Morgan fingerprint density at radius 2 is 1.86 bits per heavy atom. The molecule has 4 nitrogen and oxygen atoms in total. The summed E-state index contributed by atoms with van der Waals surface area (Å²) in [5.41, 5.74) is 13.0. The number of likely N-dealkylation sites (tertiary alicyclic amines) is 1. The molecule has 0 aliphatic carbocycles. The van der Waals surface area contributed by atoms with Gasteiger partial charge in [-0.05, 0) is 18.4 Å². The van der Waals surface area contributed by atoms with Crippen molar-refractivity contribution in [2.24, 2.45) is 16.9 Å². The lowest BCUT2D eigenvalue weighted by Gasteiger charge is -2.33. The van der Waals surface area contributed by atoms with Crippen molar-refractivity contribution in [1.82, 2.24) is 4.90 Å². The predicted octanol–water partition coefficient (Wildman–Crippen LogP) is 1.70. The number of carbonyl (C=O) groups excluding carboxylic acids is 1. The molecule has 1 aromatic rings. The molecule has 1 heterocycles. The number of hydrogen-bond acceptors (Lipinski definition) is 3. The lowest BCUT2D eigenvalue weighted by molar-refractivity contribution is -0.141. The molecule has 1 amide bonds. The Hall–Kier alpha value is -1.39. The quantitative estimate of drug-likeness (QED) is 0.866. The third-order valence-electron chi connectivity index (χ3n) is 5.08. The van der Waals surface area contributed by atoms with E-state index >= 15 is 0 Å². The minimum absolute atomic E-state index is 0.000497. The highest BCUT2D eigenvalue weighted by molar-refractivity contribution is 5.83. The van der Waals surface area contributed by atoms with Gasteiger partial charge in [0.1, 0.15) is 0 Å². The highest BCUT2D eigenvalue weighted by atomic mass is 16.2. The monoisotopic (exact) mass is 289 g/mol. The second kappa shape index (κ2) is 6.58. The minimum atomic E-state index is -0.425. The number of amides is 1. The SMILES string of the molecule is CCC(CC)(CN)C(=O)N1C[C@@H](N)[C@H](c2ccccc2)C1. The van der Waals surface area contributed by atoms with Crippen LogP contribution in [0.4, 0.5) is 0 Å². The average molecular weight is 289 g/mol. The summed E-state index contributed by atoms with van der Waals surface area (Å²) in [5.74, 6) is 0.392. The van der Waals surface area contributed by atoms with E-state index in [4.69, 9.17) is 11.5 Å². The van der Waals surface area contributed by atoms with Gasteiger partial charge in [0.25, 0.3) is 0 Å². The first-order chi connectivity index (χ1) is 10.1. The minimum Gasteiger partial charge on any atom is -0.340 e. The van der Waals surface area contributed by atoms with Gasteiger partial charge in [-0.2, -0.15) is 0 Å². The molecule has 2 atom stereocenters. The van der Waals surface area contributed by atoms with E-state index < -0.39 is 5.41 Å². The van der Waals surface area contributed by atoms with E-state index in [0.717, 1.165) is 12.8 Å². The van der Waals surface area contributed by atoms with Crippen molar-refractivity contribution < 1.29 is 4.79 Å². The molecule has 0 saturated carbocycles. The van der Waals surface area contributed by atoms with E-state index in [1.165, 1.54) is 5.56 Å². The van der Waals surface area contributed by atoms with Crippen LogP contribution in [-0.2, 0) is 4.79 Å². The molecule has 4 heteroatoms. The lowest BCUT2D eigenvalue weighted by Crippen LogP contribution is -2.47. The third-order valence-corrected chi connectivity index (χ3v) is 5.08. The van der Waals surface area contributed by atoms with E-state index in [9.17, 15) is 4.79 Å². The van der Waals surface area contributed by atoms with Crippen molar-refractivity contribution in [2.75, 3.05) is 19.6 Å². The van der Waals surface area contributed by atoms with Gasteiger partial charge in [-0.3, -0.25) is 4.79 Å². The van der Waals surface area contributed by atoms with E-state index in [1.807, 2.05) is 36.9 Å². The molecule has 1 saturated heterocycles. The average Bonchev–Trinajstić information content (AvgIpc) is 2.92. The fourth-order valence-corrected chi connectivity index (χ4v) is 3.31. The Morgan fingerprint density at radius 3 is 2.38 bits per heavy atom. The van der Waals surface area contributed by atoms with E-state index in [-0.39, 0.29) is 17.9 Å². The van der Waals surface area contributed by atoms with Gasteiger partial charge in [-0.15, -0.1) is 0 Å². The first-order valence-corrected chi connectivity index (χ1v) is 7.88. The van der Waals surface area contributed by atoms with Crippen molar-refractivity contribution in [2.45, 2.75) is 38.6 Å². The van der Waals surface area contributed by atoms with Gasteiger partial charge in [0.2, 0.25) is 5.91 Å². The Kier molecular flexibility index (Phi) is 5.01. The molecular formula is C17H27N3O. The maximum absolute atomic E-state index is 12.9. The van der Waals surface area contributed by atoms with Gasteiger partial charge >= 0.3 is 0 Å². The van der Waals surface area contributed by atoms with Crippen LogP contribution in [0, 0.1) is 5.41 Å². The maximum Gasteiger partial charge on any atom is 0.230 e. The van der Waals surface area contributed by atoms with Gasteiger partial charge in [-0.25, -0.2) is 0 Å². The fourth-order valence-electron chi connectivity index (χ4n) is 3.31. The van der Waals surface area contributed by atoms with Crippen LogP contribution in [0.2, 0.25) is 0 Å². The van der Waals surface area contributed by atoms with Crippen molar-refractivity contribution in [3.8, 4) is 0 Å². The molecule has 1 fully saturated rings. The number of carbonyl (C=O) groups is 1. The molecule has 1 aliphatic heterocycles. The summed E-state index contributed by atoms with van der Waals surface area (Å²) >= 11 is 0. The number of nitrogens with zero attached hydrogens (tertiary/aromatic N) is 1. The Balaban J connectivity index is 2.15. The molecule has 2 rings (SSSR count). The Morgan fingerprint density at radius 1 is 1.24 bits per heavy atom. The first kappa shape index (κ1) is 16.0. The summed E-state index contributed by atoms with van der Waals surface area (Å²) < 4.78 is 0. The summed E-state index contributed by atoms with van der Waals surface area (Å²) in [7, 11) is 0. The fraction of sp³-hybridized carbons (Fsp3) is 0.588. The van der Waals surface area contributed by atoms with E-state index in [0.29, 0.717) is 19.6 Å². The highest BCUT2D eigenvalue weighted by Gasteiger charge is 2.42. The molecule has 116 valence electrons. The molecular weight excluding hydrogens is 262 g/mol. The number of benzene rings is 1. The molecule has 0 spiro atoms. The largest absolute Gasteiger partial charge is 0.340 e. The molecule has 0 unspecified atom stereocenters. The second-order valence-electron chi connectivity index (χ2n) is 6.08. The van der Waals surface area contributed by atoms with Crippen LogP contribution in [-0.4, -0.2) is 36.5 Å². The van der Waals surface area contributed by atoms with Crippen LogP contribution in [0.5, 0.6) is 0 Å². The molecule has 0 bridgehead atoms. The molecule has 1 aromatic carbocycles. The molecule has 0 aromatic heterocycles. The van der Waals surface area contributed by atoms with Gasteiger partial charge < -0.3 is 16.4 Å². The standard InChI is InChI=1S/C17H27N3O/c1-3-17(4-2,12-18)16(21)20-10-14(15(19)11-20)13-8-6-5-7-9-13/h5-9,14-15H,3-4,10-12,18-19H2,1-2H3/t14-,15+/m0/s1. The van der Waals surface area contributed by atoms with Crippen LogP contribution in [0.25, 0.3) is 0 Å². The van der Waals surface area contributed by atoms with Crippen molar-refractivity contribution in [3.05, 3.63) is 35.9 Å². The Bertz CT molecular complexity index is 462. The molecule has 21 heavy (non-hydrogen) atoms. The van der Waals surface area contributed by atoms with Gasteiger partial charge in [0.05, 0.1) is 5.41 Å². The number of hydrogen-bond donors (Lipinski definition) is 2. The van der Waals surface area contributed by atoms with Gasteiger partial charge in [0.15, 0.2) is 0 Å². The van der Waals surface area contributed by atoms with Crippen LogP contribution in [0.1, 0.15) is 38.2 Å². The zero-order chi connectivity index (χ0) is 15.5. The molecule has 1 aliphatic rings. The van der Waals surface area contributed by atoms with Crippen molar-refractivity contribution in [3.63, 3.8) is 0 Å². The van der Waals surface area contributed by atoms with Crippen molar-refractivity contribution in [1.29, 1.82) is 0 Å². The zero-order valence-corrected chi connectivity index (χ0v) is 13.1. The Labute approximate surface area is 127 Å². The molecule has 0 radical (unpaired) electrons. The van der Waals surface area contributed by atoms with Crippen LogP contribution in [0.3, 0.4) is 0 Å². The third kappa shape index (κ3) is 2.97. The summed E-state index contributed by atoms with van der Waals surface area (Å²) in [6.07, 6.45) is 1.56. The number of rotatable bonds is 5. The highest BCUT2D eigenvalue weighted by Crippen LogP contribution is 2.33. The van der Waals surface area contributed by atoms with Crippen molar-refractivity contribution >= 4 is 5.91 Å². The van der Waals surface area contributed by atoms with Gasteiger partial charge in [-0.1, -0.05) is 44.2 Å². The molecule has 4 N–H and O–H groups in total. The summed E-state index contributed by atoms with van der Waals surface area (Å²) in [5, 5.41) is 0. The normalized spacial score (nSPS) is 22.6. The van der Waals surface area contributed by atoms with Crippen LogP contribution in [0.15, 0.2) is 30.3 Å². The summed E-state index contributed by atoms with van der Waals surface area (Å²) in [4.78, 5) is 14.8. The predicted molar refractivity (Wildman–Crippen MR) is 85.8 cm³/mol. The zero-order valence-electron chi connectivity index (χ0n) is 13.1. The lowest BCUT2D eigenvalue weighted by atomic mass is 9.81. The van der Waals surface area contributed by atoms with E-state index in [2.05, 4.69) is 12.1 Å². The summed E-state index contributed by atoms with van der Waals surface area (Å²) in [6, 6.07) is 10.2. The second-order valence-corrected chi connectivity index (χ2v) is 6.08. The number of nitrogens with two attached hydrogens (primary N) is 2. The van der Waals surface area contributed by atoms with Crippen LogP contribution < -0.4 is 11.5 Å². The van der Waals surface area contributed by atoms with E-state index in [1.54, 1.807) is 0 Å². The smallest absolute Gasteiger partial charge is 0.230 e. The topological polar surface area (TPSA) is 72.4 Å². The van der Waals surface area contributed by atoms with Crippen LogP contribution >= 0.6 is 0 Å². The van der Waals surface area contributed by atoms with Gasteiger partial charge in [0, 0.05) is 31.6 Å².